The molecule has 128 valence electrons. The summed E-state index contributed by atoms with van der Waals surface area (Å²) < 4.78 is 35.8. The third-order valence-corrected chi connectivity index (χ3v) is 4.20. The van der Waals surface area contributed by atoms with Crippen molar-refractivity contribution in [3.05, 3.63) is 36.4 Å². The van der Waals surface area contributed by atoms with Crippen molar-refractivity contribution in [2.75, 3.05) is 11.5 Å². The Morgan fingerprint density at radius 3 is 2.38 bits per heavy atom. The fourth-order valence-corrected chi connectivity index (χ4v) is 2.54. The van der Waals surface area contributed by atoms with Gasteiger partial charge in [-0.25, -0.2) is 5.26 Å². The molecule has 0 unspecified atom stereocenters. The lowest BCUT2D eigenvalue weighted by Gasteiger charge is -2.05. The Bertz CT molecular complexity index is 872. The van der Waals surface area contributed by atoms with Crippen LogP contribution in [0, 0.1) is 0 Å². The van der Waals surface area contributed by atoms with Crippen LogP contribution in [-0.2, 0) is 19.5 Å². The molecule has 0 amide bonds. The van der Waals surface area contributed by atoms with Crippen LogP contribution in [0.4, 0.5) is 22.7 Å². The standard InChI is InChI=1S/C12H12N4O6S2/c13-7-1-3-10(9(14)5-7)15-16-11-6-8(24(18,19)20)2-4-12(11)23-22-21-17/h1-6,17H,13-14H2,(H,18,19,20)/b16-15+. The summed E-state index contributed by atoms with van der Waals surface area (Å²) in [6, 6.07) is 8.05. The molecule has 2 aromatic rings. The van der Waals surface area contributed by atoms with E-state index >= 15 is 0 Å². The van der Waals surface area contributed by atoms with Gasteiger partial charge in [-0.05, 0) is 36.4 Å². The second-order valence-electron chi connectivity index (χ2n) is 4.35. The van der Waals surface area contributed by atoms with Gasteiger partial charge < -0.3 is 11.5 Å². The highest BCUT2D eigenvalue weighted by Gasteiger charge is 2.14. The van der Waals surface area contributed by atoms with E-state index in [1.807, 2.05) is 0 Å². The minimum absolute atomic E-state index is 0.0309. The molecular weight excluding hydrogens is 360 g/mol. The van der Waals surface area contributed by atoms with Crippen molar-refractivity contribution in [2.24, 2.45) is 10.2 Å². The van der Waals surface area contributed by atoms with Gasteiger partial charge in [-0.2, -0.15) is 8.42 Å². The maximum Gasteiger partial charge on any atom is 0.294 e. The number of azo groups is 1. The second kappa shape index (κ2) is 7.57. The summed E-state index contributed by atoms with van der Waals surface area (Å²) in [4.78, 5) is -0.134. The van der Waals surface area contributed by atoms with E-state index in [1.165, 1.54) is 18.2 Å². The zero-order valence-electron chi connectivity index (χ0n) is 11.9. The molecule has 0 saturated carbocycles. The molecule has 12 heteroatoms. The number of hydrogen-bond acceptors (Lipinski definition) is 10. The van der Waals surface area contributed by atoms with Gasteiger partial charge in [0.15, 0.2) is 0 Å². The lowest BCUT2D eigenvalue weighted by molar-refractivity contribution is -0.432. The molecule has 0 aliphatic heterocycles. The number of nitrogen functional groups attached to an aromatic ring is 2. The van der Waals surface area contributed by atoms with Gasteiger partial charge in [0.1, 0.15) is 11.4 Å². The molecular formula is C12H12N4O6S2. The van der Waals surface area contributed by atoms with Gasteiger partial charge in [-0.1, -0.05) is 5.04 Å². The Labute approximate surface area is 140 Å². The molecule has 0 spiro atoms. The van der Waals surface area contributed by atoms with Crippen molar-refractivity contribution in [1.29, 1.82) is 0 Å². The minimum atomic E-state index is -4.43. The van der Waals surface area contributed by atoms with E-state index in [9.17, 15) is 8.42 Å². The molecule has 0 radical (unpaired) electrons. The Morgan fingerprint density at radius 2 is 1.75 bits per heavy atom. The number of anilines is 2. The Kier molecular flexibility index (Phi) is 5.71. The summed E-state index contributed by atoms with van der Waals surface area (Å²) in [6.07, 6.45) is 0. The lowest BCUT2D eigenvalue weighted by atomic mass is 10.2. The average Bonchev–Trinajstić information content (AvgIpc) is 2.51. The van der Waals surface area contributed by atoms with Crippen LogP contribution < -0.4 is 11.5 Å². The monoisotopic (exact) mass is 372 g/mol. The van der Waals surface area contributed by atoms with Crippen molar-refractivity contribution in [3.63, 3.8) is 0 Å². The average molecular weight is 372 g/mol. The summed E-state index contributed by atoms with van der Waals surface area (Å²) in [7, 11) is -4.43. The van der Waals surface area contributed by atoms with Crippen LogP contribution in [0.5, 0.6) is 0 Å². The van der Waals surface area contributed by atoms with Gasteiger partial charge in [0.2, 0.25) is 0 Å². The topological polar surface area (TPSA) is 170 Å². The second-order valence-corrected chi connectivity index (χ2v) is 6.51. The Balaban J connectivity index is 2.43. The van der Waals surface area contributed by atoms with Gasteiger partial charge in [0.05, 0.1) is 27.5 Å². The van der Waals surface area contributed by atoms with Crippen LogP contribution in [0.3, 0.4) is 0 Å². The SMILES string of the molecule is Nc1ccc(/N=N/c2cc(S(=O)(=O)O)ccc2SOOO)c(N)c1. The lowest BCUT2D eigenvalue weighted by Crippen LogP contribution is -1.97. The first-order valence-electron chi connectivity index (χ1n) is 6.14. The molecule has 0 atom stereocenters. The number of benzene rings is 2. The van der Waals surface area contributed by atoms with Crippen molar-refractivity contribution in [3.8, 4) is 0 Å². The molecule has 6 N–H and O–H groups in total. The van der Waals surface area contributed by atoms with E-state index < -0.39 is 15.0 Å². The summed E-state index contributed by atoms with van der Waals surface area (Å²) in [6.45, 7) is 0. The number of nitrogens with two attached hydrogens (primary N) is 2. The van der Waals surface area contributed by atoms with E-state index in [4.69, 9.17) is 21.3 Å². The van der Waals surface area contributed by atoms with Crippen LogP contribution in [0.1, 0.15) is 0 Å². The van der Waals surface area contributed by atoms with Crippen LogP contribution in [-0.4, -0.2) is 18.2 Å². The molecule has 0 fully saturated rings. The summed E-state index contributed by atoms with van der Waals surface area (Å²) in [5.74, 6) is 0. The Morgan fingerprint density at radius 1 is 1.04 bits per heavy atom. The number of rotatable bonds is 6. The number of hydrogen-bond donors (Lipinski definition) is 4. The van der Waals surface area contributed by atoms with E-state index in [0.29, 0.717) is 23.4 Å². The Hall–Kier alpha value is -2.22. The van der Waals surface area contributed by atoms with Crippen LogP contribution >= 0.6 is 12.0 Å². The summed E-state index contributed by atoms with van der Waals surface area (Å²) >= 11 is 0.554. The maximum absolute atomic E-state index is 11.2. The zero-order chi connectivity index (χ0) is 17.7. The normalized spacial score (nSPS) is 11.9. The third-order valence-electron chi connectivity index (χ3n) is 2.70. The highest BCUT2D eigenvalue weighted by atomic mass is 32.2. The van der Waals surface area contributed by atoms with Crippen molar-refractivity contribution < 1.29 is 27.6 Å². The molecule has 2 aromatic carbocycles. The summed E-state index contributed by atoms with van der Waals surface area (Å²) in [5, 5.41) is 19.5. The smallest absolute Gasteiger partial charge is 0.294 e. The number of nitrogens with zero attached hydrogens (tertiary/aromatic N) is 2. The summed E-state index contributed by atoms with van der Waals surface area (Å²) in [5.41, 5.74) is 12.4. The third kappa shape index (κ3) is 4.64. The molecule has 0 aliphatic carbocycles. The predicted molar refractivity (Wildman–Crippen MR) is 86.4 cm³/mol. The largest absolute Gasteiger partial charge is 0.399 e. The van der Waals surface area contributed by atoms with Gasteiger partial charge in [0.25, 0.3) is 10.1 Å². The maximum atomic E-state index is 11.2. The first-order valence-corrected chi connectivity index (χ1v) is 8.32. The fraction of sp³-hybridized carbons (Fsp3) is 0. The van der Waals surface area contributed by atoms with Crippen molar-refractivity contribution in [2.45, 2.75) is 9.79 Å². The minimum Gasteiger partial charge on any atom is -0.399 e. The van der Waals surface area contributed by atoms with E-state index in [2.05, 4.69) is 19.6 Å². The van der Waals surface area contributed by atoms with Crippen LogP contribution in [0.2, 0.25) is 0 Å². The first kappa shape index (κ1) is 18.1. The van der Waals surface area contributed by atoms with Gasteiger partial charge >= 0.3 is 0 Å². The molecule has 0 aliphatic rings. The van der Waals surface area contributed by atoms with E-state index in [1.54, 1.807) is 6.07 Å². The van der Waals surface area contributed by atoms with Gasteiger partial charge in [-0.3, -0.25) is 4.55 Å². The van der Waals surface area contributed by atoms with Crippen molar-refractivity contribution in [1.82, 2.24) is 0 Å². The molecule has 0 bridgehead atoms. The predicted octanol–water partition coefficient (Wildman–Crippen LogP) is 2.94. The zero-order valence-corrected chi connectivity index (χ0v) is 13.5. The van der Waals surface area contributed by atoms with Gasteiger partial charge in [0, 0.05) is 5.69 Å². The quantitative estimate of drug-likeness (QED) is 0.149. The van der Waals surface area contributed by atoms with E-state index in [-0.39, 0.29) is 16.3 Å². The molecule has 24 heavy (non-hydrogen) atoms. The molecule has 0 saturated heterocycles. The fourth-order valence-electron chi connectivity index (χ4n) is 1.63. The van der Waals surface area contributed by atoms with Crippen LogP contribution in [0.15, 0.2) is 56.4 Å². The highest BCUT2D eigenvalue weighted by Crippen LogP contribution is 2.34. The highest BCUT2D eigenvalue weighted by molar-refractivity contribution is 7.94. The molecule has 10 nitrogen and oxygen atoms in total. The van der Waals surface area contributed by atoms with Crippen molar-refractivity contribution >= 4 is 44.9 Å². The van der Waals surface area contributed by atoms with Crippen LogP contribution in [0.25, 0.3) is 0 Å². The first-order chi connectivity index (χ1) is 11.3. The van der Waals surface area contributed by atoms with Gasteiger partial charge in [-0.15, -0.1) is 14.6 Å². The molecule has 0 aromatic heterocycles. The van der Waals surface area contributed by atoms with E-state index in [0.717, 1.165) is 12.1 Å². The molecule has 2 rings (SSSR count). The molecule has 0 heterocycles.